The van der Waals surface area contributed by atoms with Gasteiger partial charge in [0.2, 0.25) is 0 Å². The monoisotopic (exact) mass is 769 g/mol. The number of hydrazone groups is 1. The molecule has 1 heterocycles. The molecule has 2 atom stereocenters. The first-order valence-electron chi connectivity index (χ1n) is 20.2. The maximum atomic E-state index is 6.27. The van der Waals surface area contributed by atoms with Crippen LogP contribution in [0.15, 0.2) is 84.2 Å². The van der Waals surface area contributed by atoms with E-state index in [1.54, 1.807) is 6.07 Å². The minimum Gasteiger partial charge on any atom is -0.372 e. The van der Waals surface area contributed by atoms with Gasteiger partial charge >= 0.3 is 0 Å². The molecular weight excluding hydrogens is 695 g/mol. The molecule has 0 N–H and O–H groups in total. The van der Waals surface area contributed by atoms with E-state index in [-0.39, 0.29) is 5.60 Å². The second kappa shape index (κ2) is 28.5. The second-order valence-corrected chi connectivity index (χ2v) is 13.9. The van der Waals surface area contributed by atoms with Crippen LogP contribution in [0.4, 0.5) is 11.4 Å². The fraction of sp³-hybridized carbons (Fsp3) is 0.543. The van der Waals surface area contributed by atoms with Crippen LogP contribution in [0, 0.1) is 13.8 Å². The minimum atomic E-state index is -0.324. The maximum Gasteiger partial charge on any atom is 0.128 e. The molecule has 3 aromatic rings. The average Bonchev–Trinajstić information content (AvgIpc) is 3.57. The van der Waals surface area contributed by atoms with Crippen LogP contribution < -0.4 is 9.80 Å². The molecule has 298 valence electrons. The molecule has 0 aliphatic carbocycles. The highest BCUT2D eigenvalue weighted by Gasteiger charge is 2.28. The number of aryl methyl sites for hydroxylation is 2. The number of anilines is 2. The van der Waals surface area contributed by atoms with E-state index in [4.69, 9.17) is 27.9 Å². The average molecular weight is 770 g/mol. The Morgan fingerprint density at radius 3 is 1.79 bits per heavy atom. The number of hydrogen-bond acceptors (Lipinski definition) is 5. The summed E-state index contributed by atoms with van der Waals surface area (Å²) in [6, 6.07) is 23.2. The van der Waals surface area contributed by atoms with Crippen molar-refractivity contribution >= 4 is 40.9 Å². The minimum absolute atomic E-state index is 0.324. The molecule has 0 fully saturated rings. The van der Waals surface area contributed by atoms with Gasteiger partial charge in [-0.05, 0) is 96.2 Å². The smallest absolute Gasteiger partial charge is 0.128 e. The van der Waals surface area contributed by atoms with Crippen molar-refractivity contribution in [1.29, 1.82) is 0 Å². The lowest BCUT2D eigenvalue weighted by Crippen LogP contribution is -2.29. The molecule has 53 heavy (non-hydrogen) atoms. The first-order chi connectivity index (χ1) is 25.4. The van der Waals surface area contributed by atoms with E-state index < -0.39 is 0 Å². The number of ether oxygens (including phenoxy) is 1. The van der Waals surface area contributed by atoms with Crippen molar-refractivity contribution in [3.05, 3.63) is 106 Å². The molecule has 5 nitrogen and oxygen atoms in total. The van der Waals surface area contributed by atoms with E-state index in [0.717, 1.165) is 56.0 Å². The Morgan fingerprint density at radius 1 is 0.792 bits per heavy atom. The van der Waals surface area contributed by atoms with Crippen LogP contribution in [-0.2, 0) is 10.3 Å². The van der Waals surface area contributed by atoms with Crippen LogP contribution in [-0.4, -0.2) is 37.1 Å². The molecular formula is C46H74Cl2N4O. The number of rotatable bonds is 15. The summed E-state index contributed by atoms with van der Waals surface area (Å²) in [4.78, 5) is 4.50. The van der Waals surface area contributed by atoms with E-state index in [1.807, 2.05) is 51.2 Å². The molecule has 0 saturated carbocycles. The summed E-state index contributed by atoms with van der Waals surface area (Å²) in [7, 11) is 0. The standard InChI is InChI=1S/C19H30N4.C15H22Cl2O.C8H10.2C2H6/c1-6-13-21(14-7-2)18-9-11-19(12-10-18)22-15-20-23(17(22)5)16(4)8-3;1-4-6-7-10-18-15(3,5-2)13-9-8-12(16)11-14(13)17;1-7-3-5-8(2)6-4-7;2*1-2/h9-12,15-16H,5-8,13-14H2,1-4H3;8-9,11H,4-7,10H2,1-3H3;3-6H,1-2H3;2*1-2H3/t;15-;;;/m.1.../s1. The fourth-order valence-corrected chi connectivity index (χ4v) is 6.03. The fourth-order valence-electron chi connectivity index (χ4n) is 5.42. The molecule has 3 aromatic carbocycles. The Balaban J connectivity index is 0.000000796. The van der Waals surface area contributed by atoms with Crippen LogP contribution in [0.1, 0.15) is 138 Å². The number of nitrogens with zero attached hydrogens (tertiary/aromatic N) is 4. The van der Waals surface area contributed by atoms with Crippen molar-refractivity contribution in [2.24, 2.45) is 5.10 Å². The van der Waals surface area contributed by atoms with Crippen molar-refractivity contribution in [3.8, 4) is 0 Å². The Kier molecular flexibility index (Phi) is 26.8. The Labute approximate surface area is 336 Å². The van der Waals surface area contributed by atoms with Gasteiger partial charge in [-0.2, -0.15) is 5.10 Å². The first kappa shape index (κ1) is 50.0. The van der Waals surface area contributed by atoms with Gasteiger partial charge in [0.15, 0.2) is 0 Å². The van der Waals surface area contributed by atoms with Gasteiger partial charge in [0.25, 0.3) is 0 Å². The largest absolute Gasteiger partial charge is 0.372 e. The molecule has 1 unspecified atom stereocenters. The summed E-state index contributed by atoms with van der Waals surface area (Å²) in [5, 5.41) is 7.82. The van der Waals surface area contributed by atoms with Crippen LogP contribution in [0.3, 0.4) is 0 Å². The highest BCUT2D eigenvalue weighted by atomic mass is 35.5. The van der Waals surface area contributed by atoms with Crippen molar-refractivity contribution in [2.75, 3.05) is 29.5 Å². The summed E-state index contributed by atoms with van der Waals surface area (Å²) in [5.41, 5.74) is 5.76. The normalized spacial score (nSPS) is 13.2. The third-order valence-corrected chi connectivity index (χ3v) is 9.43. The lowest BCUT2D eigenvalue weighted by atomic mass is 9.93. The zero-order valence-corrected chi connectivity index (χ0v) is 37.2. The van der Waals surface area contributed by atoms with Gasteiger partial charge in [0, 0.05) is 46.7 Å². The molecule has 0 bridgehead atoms. The van der Waals surface area contributed by atoms with Crippen LogP contribution in [0.25, 0.3) is 0 Å². The molecule has 4 rings (SSSR count). The zero-order chi connectivity index (χ0) is 40.4. The molecule has 1 aliphatic rings. The topological polar surface area (TPSA) is 31.3 Å². The summed E-state index contributed by atoms with van der Waals surface area (Å²) < 4.78 is 6.06. The van der Waals surface area contributed by atoms with Gasteiger partial charge in [0.05, 0.1) is 11.6 Å². The molecule has 7 heteroatoms. The third kappa shape index (κ3) is 17.4. The lowest BCUT2D eigenvalue weighted by molar-refractivity contribution is -0.0407. The van der Waals surface area contributed by atoms with E-state index in [0.29, 0.717) is 16.1 Å². The summed E-state index contributed by atoms with van der Waals surface area (Å²) >= 11 is 12.2. The highest BCUT2D eigenvalue weighted by molar-refractivity contribution is 6.35. The maximum absolute atomic E-state index is 6.27. The molecule has 0 saturated heterocycles. The number of hydrogen-bond donors (Lipinski definition) is 0. The summed E-state index contributed by atoms with van der Waals surface area (Å²) in [6.45, 7) is 34.6. The Hall–Kier alpha value is -2.99. The van der Waals surface area contributed by atoms with E-state index in [1.165, 1.54) is 42.5 Å². The molecule has 1 aliphatic heterocycles. The van der Waals surface area contributed by atoms with Crippen LogP contribution in [0.2, 0.25) is 10.0 Å². The highest BCUT2D eigenvalue weighted by Crippen LogP contribution is 2.36. The quantitative estimate of drug-likeness (QED) is 0.144. The number of benzene rings is 3. The van der Waals surface area contributed by atoms with Crippen molar-refractivity contribution in [2.45, 2.75) is 147 Å². The second-order valence-electron chi connectivity index (χ2n) is 13.0. The van der Waals surface area contributed by atoms with Crippen LogP contribution in [0.5, 0.6) is 0 Å². The first-order valence-corrected chi connectivity index (χ1v) is 21.0. The van der Waals surface area contributed by atoms with Gasteiger partial charge in [-0.3, -0.25) is 4.90 Å². The van der Waals surface area contributed by atoms with E-state index in [2.05, 4.69) is 132 Å². The summed E-state index contributed by atoms with van der Waals surface area (Å²) in [6.07, 6.45) is 9.63. The van der Waals surface area contributed by atoms with Gasteiger partial charge in [-0.1, -0.05) is 146 Å². The van der Waals surface area contributed by atoms with Crippen molar-refractivity contribution in [1.82, 2.24) is 5.01 Å². The molecule has 0 spiro atoms. The Bertz CT molecular complexity index is 1380. The van der Waals surface area contributed by atoms with Gasteiger partial charge in [-0.15, -0.1) is 0 Å². The molecule has 0 aromatic heterocycles. The third-order valence-electron chi connectivity index (χ3n) is 8.88. The van der Waals surface area contributed by atoms with Crippen LogP contribution >= 0.6 is 23.2 Å². The SMILES string of the molecule is C=C1N(c2ccc(N(CCC)CCC)cc2)C=NN1C(C)CC.CC.CC.CCCCCO[C@](C)(CC)c1ccc(Cl)cc1Cl.Cc1ccc(C)cc1. The van der Waals surface area contributed by atoms with Gasteiger partial charge < -0.3 is 9.64 Å². The predicted molar refractivity (Wildman–Crippen MR) is 239 cm³/mol. The Morgan fingerprint density at radius 2 is 1.34 bits per heavy atom. The van der Waals surface area contributed by atoms with Crippen molar-refractivity contribution in [3.63, 3.8) is 0 Å². The zero-order valence-electron chi connectivity index (χ0n) is 35.7. The lowest BCUT2D eigenvalue weighted by Gasteiger charge is -2.30. The molecule has 0 radical (unpaired) electrons. The predicted octanol–water partition coefficient (Wildman–Crippen LogP) is 14.8. The molecule has 0 amide bonds. The van der Waals surface area contributed by atoms with Gasteiger partial charge in [0.1, 0.15) is 12.2 Å². The van der Waals surface area contributed by atoms with E-state index in [9.17, 15) is 0 Å². The summed E-state index contributed by atoms with van der Waals surface area (Å²) in [5.74, 6) is 0.922. The van der Waals surface area contributed by atoms with Gasteiger partial charge in [-0.25, -0.2) is 5.01 Å². The van der Waals surface area contributed by atoms with Crippen molar-refractivity contribution < 1.29 is 4.74 Å². The number of halogens is 2. The number of unbranched alkanes of at least 4 members (excludes halogenated alkanes) is 2. The van der Waals surface area contributed by atoms with E-state index >= 15 is 0 Å².